The Labute approximate surface area is 227 Å². The molecular weight excluding hydrogens is 492 g/mol. The third kappa shape index (κ3) is 6.41. The summed E-state index contributed by atoms with van der Waals surface area (Å²) in [6.07, 6.45) is 1.65. The van der Waals surface area contributed by atoms with E-state index in [4.69, 9.17) is 4.74 Å². The largest absolute Gasteiger partial charge is 0.427 e. The van der Waals surface area contributed by atoms with Gasteiger partial charge in [0.05, 0.1) is 5.69 Å². The summed E-state index contributed by atoms with van der Waals surface area (Å²) in [5.41, 5.74) is 4.73. The van der Waals surface area contributed by atoms with E-state index in [2.05, 4.69) is 36.4 Å². The Morgan fingerprint density at radius 2 is 1.67 bits per heavy atom. The number of ether oxygens (including phenoxy) is 1. The number of aromatic nitrogens is 2. The highest BCUT2D eigenvalue weighted by Gasteiger charge is 2.17. The quantitative estimate of drug-likeness (QED) is 0.238. The zero-order valence-corrected chi connectivity index (χ0v) is 23.0. The minimum atomic E-state index is -0.437. The average molecular weight is 525 g/mol. The number of carbonyl (C=O) groups is 2. The van der Waals surface area contributed by atoms with Crippen molar-refractivity contribution in [2.24, 2.45) is 7.05 Å². The molecular formula is C31H32N4O4. The maximum absolute atomic E-state index is 13.0. The first-order valence-electron chi connectivity index (χ1n) is 12.6. The maximum Gasteiger partial charge on any atom is 0.308 e. The van der Waals surface area contributed by atoms with Gasteiger partial charge >= 0.3 is 5.97 Å². The molecule has 200 valence electrons. The van der Waals surface area contributed by atoms with Crippen molar-refractivity contribution < 1.29 is 14.3 Å². The van der Waals surface area contributed by atoms with Crippen LogP contribution in [0.5, 0.6) is 5.75 Å². The molecule has 4 rings (SSSR count). The number of carbonyl (C=O) groups excluding carboxylic acids is 2. The first-order chi connectivity index (χ1) is 18.4. The van der Waals surface area contributed by atoms with E-state index in [1.807, 2.05) is 49.4 Å². The molecule has 0 bridgehead atoms. The van der Waals surface area contributed by atoms with Crippen molar-refractivity contribution in [2.45, 2.75) is 40.0 Å². The van der Waals surface area contributed by atoms with Gasteiger partial charge in [-0.05, 0) is 53.8 Å². The number of anilines is 3. The number of rotatable bonds is 6. The Kier molecular flexibility index (Phi) is 7.67. The lowest BCUT2D eigenvalue weighted by Crippen LogP contribution is -2.21. The second-order valence-corrected chi connectivity index (χ2v) is 10.4. The first kappa shape index (κ1) is 27.3. The van der Waals surface area contributed by atoms with Gasteiger partial charge in [0.25, 0.3) is 11.5 Å². The van der Waals surface area contributed by atoms with Gasteiger partial charge in [-0.25, -0.2) is 4.98 Å². The molecule has 0 unspecified atom stereocenters. The molecule has 0 saturated carbocycles. The maximum atomic E-state index is 13.0. The number of nitrogens with zero attached hydrogens (tertiary/aromatic N) is 2. The van der Waals surface area contributed by atoms with Gasteiger partial charge in [0, 0.05) is 48.7 Å². The highest BCUT2D eigenvalue weighted by molar-refractivity contribution is 6.05. The van der Waals surface area contributed by atoms with Crippen LogP contribution in [0.1, 0.15) is 49.2 Å². The van der Waals surface area contributed by atoms with Crippen LogP contribution in [0.2, 0.25) is 0 Å². The standard InChI is InChI=1S/C31H32N4O4/c1-19-25(11-8-12-26(19)34-29(37)21-13-15-22(16-14-21)31(3,4)5)27-18-35(6)30(38)28(33-27)32-23-9-7-10-24(17-23)39-20(2)36/h7-18H,1-6H3,(H,32,33)(H,34,37). The fraction of sp³-hybridized carbons (Fsp3) is 0.226. The Morgan fingerprint density at radius 3 is 2.33 bits per heavy atom. The molecule has 0 aliphatic rings. The lowest BCUT2D eigenvalue weighted by atomic mass is 9.86. The first-order valence-corrected chi connectivity index (χ1v) is 12.6. The van der Waals surface area contributed by atoms with Crippen molar-refractivity contribution in [3.05, 3.63) is 100.0 Å². The van der Waals surface area contributed by atoms with Gasteiger partial charge in [-0.15, -0.1) is 0 Å². The van der Waals surface area contributed by atoms with Crippen LogP contribution in [0.15, 0.2) is 77.7 Å². The van der Waals surface area contributed by atoms with E-state index in [0.29, 0.717) is 28.4 Å². The molecule has 0 radical (unpaired) electrons. The smallest absolute Gasteiger partial charge is 0.308 e. The van der Waals surface area contributed by atoms with Gasteiger partial charge < -0.3 is 19.9 Å². The molecule has 0 aliphatic heterocycles. The number of amides is 1. The van der Waals surface area contributed by atoms with Crippen LogP contribution in [0.3, 0.4) is 0 Å². The van der Waals surface area contributed by atoms with E-state index < -0.39 is 5.97 Å². The summed E-state index contributed by atoms with van der Waals surface area (Å²) in [5.74, 6) is -0.178. The predicted molar refractivity (Wildman–Crippen MR) is 154 cm³/mol. The Balaban J connectivity index is 1.62. The fourth-order valence-corrected chi connectivity index (χ4v) is 4.12. The van der Waals surface area contributed by atoms with E-state index in [-0.39, 0.29) is 22.7 Å². The van der Waals surface area contributed by atoms with Crippen molar-refractivity contribution >= 4 is 29.1 Å². The molecule has 0 saturated heterocycles. The van der Waals surface area contributed by atoms with Crippen LogP contribution in [-0.4, -0.2) is 21.4 Å². The Hall–Kier alpha value is -4.72. The molecule has 0 atom stereocenters. The van der Waals surface area contributed by atoms with Crippen LogP contribution in [-0.2, 0) is 17.3 Å². The van der Waals surface area contributed by atoms with Crippen LogP contribution < -0.4 is 20.9 Å². The van der Waals surface area contributed by atoms with E-state index >= 15 is 0 Å². The monoisotopic (exact) mass is 524 g/mol. The number of benzene rings is 3. The lowest BCUT2D eigenvalue weighted by molar-refractivity contribution is -0.131. The van der Waals surface area contributed by atoms with Gasteiger partial charge in [0.1, 0.15) is 5.75 Å². The van der Waals surface area contributed by atoms with Gasteiger partial charge in [-0.3, -0.25) is 14.4 Å². The molecule has 4 aromatic rings. The average Bonchev–Trinajstić information content (AvgIpc) is 2.87. The van der Waals surface area contributed by atoms with Crippen molar-refractivity contribution in [3.63, 3.8) is 0 Å². The predicted octanol–water partition coefficient (Wildman–Crippen LogP) is 5.97. The number of aryl methyl sites for hydroxylation is 1. The molecule has 0 aliphatic carbocycles. The Morgan fingerprint density at radius 1 is 0.974 bits per heavy atom. The minimum Gasteiger partial charge on any atom is -0.427 e. The molecule has 1 aromatic heterocycles. The summed E-state index contributed by atoms with van der Waals surface area (Å²) in [6.45, 7) is 9.61. The molecule has 39 heavy (non-hydrogen) atoms. The topological polar surface area (TPSA) is 102 Å². The SMILES string of the molecule is CC(=O)Oc1cccc(Nc2nc(-c3cccc(NC(=O)c4ccc(C(C)(C)C)cc4)c3C)cn(C)c2=O)c1. The summed E-state index contributed by atoms with van der Waals surface area (Å²) in [5, 5.41) is 6.04. The van der Waals surface area contributed by atoms with Crippen LogP contribution in [0.4, 0.5) is 17.2 Å². The van der Waals surface area contributed by atoms with E-state index in [1.165, 1.54) is 11.5 Å². The summed E-state index contributed by atoms with van der Waals surface area (Å²) in [7, 11) is 1.65. The third-order valence-corrected chi connectivity index (χ3v) is 6.30. The summed E-state index contributed by atoms with van der Waals surface area (Å²) in [6, 6.07) is 19.9. The molecule has 0 fully saturated rings. The van der Waals surface area contributed by atoms with Crippen LogP contribution in [0.25, 0.3) is 11.3 Å². The van der Waals surface area contributed by atoms with Crippen LogP contribution in [0, 0.1) is 6.92 Å². The van der Waals surface area contributed by atoms with Crippen molar-refractivity contribution in [1.82, 2.24) is 9.55 Å². The van der Waals surface area contributed by atoms with E-state index in [1.54, 1.807) is 37.5 Å². The van der Waals surface area contributed by atoms with Crippen molar-refractivity contribution in [1.29, 1.82) is 0 Å². The van der Waals surface area contributed by atoms with E-state index in [0.717, 1.165) is 16.7 Å². The van der Waals surface area contributed by atoms with Crippen molar-refractivity contribution in [2.75, 3.05) is 10.6 Å². The highest BCUT2D eigenvalue weighted by Crippen LogP contribution is 2.29. The third-order valence-electron chi connectivity index (χ3n) is 6.30. The van der Waals surface area contributed by atoms with Crippen molar-refractivity contribution in [3.8, 4) is 17.0 Å². The van der Waals surface area contributed by atoms with Gasteiger partial charge in [0.15, 0.2) is 5.82 Å². The zero-order valence-electron chi connectivity index (χ0n) is 23.0. The molecule has 1 amide bonds. The zero-order chi connectivity index (χ0) is 28.3. The second-order valence-electron chi connectivity index (χ2n) is 10.4. The molecule has 0 spiro atoms. The van der Waals surface area contributed by atoms with Crippen LogP contribution >= 0.6 is 0 Å². The second kappa shape index (κ2) is 10.9. The van der Waals surface area contributed by atoms with Gasteiger partial charge in [-0.2, -0.15) is 0 Å². The lowest BCUT2D eigenvalue weighted by Gasteiger charge is -2.19. The Bertz CT molecular complexity index is 1600. The minimum absolute atomic E-state index is 0.00153. The van der Waals surface area contributed by atoms with Gasteiger partial charge in [-0.1, -0.05) is 51.1 Å². The fourth-order valence-electron chi connectivity index (χ4n) is 4.12. The molecule has 3 aromatic carbocycles. The molecule has 8 nitrogen and oxygen atoms in total. The van der Waals surface area contributed by atoms with E-state index in [9.17, 15) is 14.4 Å². The molecule has 8 heteroatoms. The normalized spacial score (nSPS) is 11.1. The summed E-state index contributed by atoms with van der Waals surface area (Å²) < 4.78 is 6.58. The summed E-state index contributed by atoms with van der Waals surface area (Å²) >= 11 is 0. The number of esters is 1. The van der Waals surface area contributed by atoms with Gasteiger partial charge in [0.2, 0.25) is 0 Å². The number of nitrogens with one attached hydrogen (secondary N) is 2. The number of hydrogen-bond donors (Lipinski definition) is 2. The number of hydrogen-bond acceptors (Lipinski definition) is 6. The highest BCUT2D eigenvalue weighted by atomic mass is 16.5. The molecule has 2 N–H and O–H groups in total. The molecule has 1 heterocycles. The summed E-state index contributed by atoms with van der Waals surface area (Å²) in [4.78, 5) is 41.8.